The Morgan fingerprint density at radius 3 is 2.50 bits per heavy atom. The number of aromatic nitrogens is 2. The molecule has 1 aromatic heterocycles. The molecule has 0 fully saturated rings. The summed E-state index contributed by atoms with van der Waals surface area (Å²) in [5.41, 5.74) is 0.985. The van der Waals surface area contributed by atoms with E-state index < -0.39 is 0 Å². The zero-order valence-corrected chi connectivity index (χ0v) is 12.3. The maximum absolute atomic E-state index is 5.54. The van der Waals surface area contributed by atoms with E-state index in [1.54, 1.807) is 13.3 Å². The van der Waals surface area contributed by atoms with Gasteiger partial charge in [-0.25, -0.2) is 9.97 Å². The van der Waals surface area contributed by atoms with Crippen LogP contribution < -0.4 is 5.32 Å². The number of hydrogen-bond acceptors (Lipinski definition) is 4. The predicted molar refractivity (Wildman–Crippen MR) is 73.2 cm³/mol. The van der Waals surface area contributed by atoms with Gasteiger partial charge in [-0.2, -0.15) is 0 Å². The number of nitrogens with zero attached hydrogens (tertiary/aromatic N) is 2. The molecule has 0 saturated heterocycles. The van der Waals surface area contributed by atoms with Gasteiger partial charge >= 0.3 is 0 Å². The minimum absolute atomic E-state index is 0.0150. The quantitative estimate of drug-likeness (QED) is 0.874. The van der Waals surface area contributed by atoms with Gasteiger partial charge in [0, 0.05) is 25.9 Å². The van der Waals surface area contributed by atoms with Crippen LogP contribution in [0.5, 0.6) is 0 Å². The second-order valence-electron chi connectivity index (χ2n) is 5.92. The summed E-state index contributed by atoms with van der Waals surface area (Å²) in [6, 6.07) is 2.39. The van der Waals surface area contributed by atoms with Crippen LogP contribution in [-0.2, 0) is 11.3 Å². The van der Waals surface area contributed by atoms with Gasteiger partial charge < -0.3 is 10.1 Å². The summed E-state index contributed by atoms with van der Waals surface area (Å²) in [4.78, 5) is 8.92. The van der Waals surface area contributed by atoms with Gasteiger partial charge in [-0.3, -0.25) is 0 Å². The third-order valence-corrected chi connectivity index (χ3v) is 2.68. The van der Waals surface area contributed by atoms with E-state index in [2.05, 4.69) is 49.9 Å². The number of hydrogen-bond donors (Lipinski definition) is 1. The SMILES string of the molecule is COC(c1nccc(CNC(C)C)n1)C(C)(C)C. The molecule has 0 radical (unpaired) electrons. The van der Waals surface area contributed by atoms with Gasteiger partial charge in [0.25, 0.3) is 0 Å². The third-order valence-electron chi connectivity index (χ3n) is 2.68. The maximum Gasteiger partial charge on any atom is 0.157 e. The van der Waals surface area contributed by atoms with Gasteiger partial charge in [-0.1, -0.05) is 34.6 Å². The van der Waals surface area contributed by atoms with Crippen LogP contribution in [0.2, 0.25) is 0 Å². The van der Waals surface area contributed by atoms with Crippen molar-refractivity contribution in [2.45, 2.75) is 53.3 Å². The van der Waals surface area contributed by atoms with Crippen molar-refractivity contribution < 1.29 is 4.74 Å². The van der Waals surface area contributed by atoms with Gasteiger partial charge in [0.15, 0.2) is 5.82 Å². The van der Waals surface area contributed by atoms with E-state index in [1.807, 2.05) is 6.07 Å². The van der Waals surface area contributed by atoms with E-state index in [1.165, 1.54) is 0 Å². The molecule has 0 aromatic carbocycles. The molecule has 18 heavy (non-hydrogen) atoms. The summed E-state index contributed by atoms with van der Waals surface area (Å²) in [5.74, 6) is 0.757. The van der Waals surface area contributed by atoms with Crippen molar-refractivity contribution in [2.75, 3.05) is 7.11 Å². The first-order valence-electron chi connectivity index (χ1n) is 6.42. The lowest BCUT2D eigenvalue weighted by atomic mass is 9.88. The molecule has 0 aliphatic rings. The van der Waals surface area contributed by atoms with Crippen LogP contribution in [-0.4, -0.2) is 23.1 Å². The number of rotatable bonds is 5. The molecule has 0 saturated carbocycles. The topological polar surface area (TPSA) is 47.0 Å². The Balaban J connectivity index is 2.86. The molecule has 0 bridgehead atoms. The van der Waals surface area contributed by atoms with Crippen LogP contribution in [0.3, 0.4) is 0 Å². The molecule has 4 heteroatoms. The van der Waals surface area contributed by atoms with Crippen LogP contribution in [0.4, 0.5) is 0 Å². The molecule has 1 atom stereocenters. The average molecular weight is 251 g/mol. The summed E-state index contributed by atoms with van der Waals surface area (Å²) in [6.07, 6.45) is 1.72. The number of methoxy groups -OCH3 is 1. The van der Waals surface area contributed by atoms with Crippen molar-refractivity contribution in [3.05, 3.63) is 23.8 Å². The van der Waals surface area contributed by atoms with Gasteiger partial charge in [-0.15, -0.1) is 0 Å². The highest BCUT2D eigenvalue weighted by Crippen LogP contribution is 2.33. The van der Waals surface area contributed by atoms with E-state index >= 15 is 0 Å². The van der Waals surface area contributed by atoms with Gasteiger partial charge in [-0.05, 0) is 11.5 Å². The lowest BCUT2D eigenvalue weighted by Crippen LogP contribution is -2.25. The molecule has 1 heterocycles. The normalized spacial score (nSPS) is 13.9. The fourth-order valence-electron chi connectivity index (χ4n) is 1.79. The largest absolute Gasteiger partial charge is 0.373 e. The van der Waals surface area contributed by atoms with Crippen molar-refractivity contribution in [3.63, 3.8) is 0 Å². The lowest BCUT2D eigenvalue weighted by Gasteiger charge is -2.28. The smallest absolute Gasteiger partial charge is 0.157 e. The Hall–Kier alpha value is -1.00. The van der Waals surface area contributed by atoms with Crippen molar-refractivity contribution in [3.8, 4) is 0 Å². The predicted octanol–water partition coefficient (Wildman–Crippen LogP) is 2.71. The minimum Gasteiger partial charge on any atom is -0.373 e. The van der Waals surface area contributed by atoms with Crippen LogP contribution >= 0.6 is 0 Å². The highest BCUT2D eigenvalue weighted by Gasteiger charge is 2.28. The molecule has 0 amide bonds. The summed E-state index contributed by atoms with van der Waals surface area (Å²) < 4.78 is 5.54. The molecular weight excluding hydrogens is 226 g/mol. The van der Waals surface area contributed by atoms with Crippen LogP contribution in [0.1, 0.15) is 52.2 Å². The second-order valence-corrected chi connectivity index (χ2v) is 5.92. The second kappa shape index (κ2) is 6.25. The van der Waals surface area contributed by atoms with E-state index in [0.717, 1.165) is 18.1 Å². The molecule has 1 unspecified atom stereocenters. The summed E-state index contributed by atoms with van der Waals surface area (Å²) in [7, 11) is 1.71. The van der Waals surface area contributed by atoms with Gasteiger partial charge in [0.1, 0.15) is 6.10 Å². The molecule has 1 N–H and O–H groups in total. The standard InChI is InChI=1S/C14H25N3O/c1-10(2)16-9-11-7-8-15-13(17-11)12(18-6)14(3,4)5/h7-8,10,12,16H,9H2,1-6H3. The number of nitrogens with one attached hydrogen (secondary N) is 1. The van der Waals surface area contributed by atoms with E-state index in [4.69, 9.17) is 4.74 Å². The van der Waals surface area contributed by atoms with Crippen LogP contribution in [0.15, 0.2) is 12.3 Å². The first kappa shape index (κ1) is 15.1. The van der Waals surface area contributed by atoms with E-state index in [-0.39, 0.29) is 11.5 Å². The summed E-state index contributed by atoms with van der Waals surface area (Å²) in [5, 5.41) is 3.35. The molecule has 0 aliphatic carbocycles. The summed E-state index contributed by atoms with van der Waals surface area (Å²) >= 11 is 0. The molecule has 102 valence electrons. The highest BCUT2D eigenvalue weighted by atomic mass is 16.5. The Morgan fingerprint density at radius 2 is 2.00 bits per heavy atom. The fraction of sp³-hybridized carbons (Fsp3) is 0.714. The average Bonchev–Trinajstić information content (AvgIpc) is 2.26. The third kappa shape index (κ3) is 4.35. The first-order chi connectivity index (χ1) is 8.34. The van der Waals surface area contributed by atoms with Crippen molar-refractivity contribution >= 4 is 0 Å². The van der Waals surface area contributed by atoms with E-state index in [9.17, 15) is 0 Å². The van der Waals surface area contributed by atoms with Crippen molar-refractivity contribution in [1.82, 2.24) is 15.3 Å². The van der Waals surface area contributed by atoms with Crippen LogP contribution in [0, 0.1) is 5.41 Å². The molecule has 0 spiro atoms. The van der Waals surface area contributed by atoms with Crippen molar-refractivity contribution in [1.29, 1.82) is 0 Å². The molecule has 0 aliphatic heterocycles. The highest BCUT2D eigenvalue weighted by molar-refractivity contribution is 5.06. The Labute approximate surface area is 110 Å². The Morgan fingerprint density at radius 1 is 1.33 bits per heavy atom. The zero-order chi connectivity index (χ0) is 13.8. The molecule has 4 nitrogen and oxygen atoms in total. The number of ether oxygens (including phenoxy) is 1. The first-order valence-corrected chi connectivity index (χ1v) is 6.42. The van der Waals surface area contributed by atoms with Crippen LogP contribution in [0.25, 0.3) is 0 Å². The van der Waals surface area contributed by atoms with Gasteiger partial charge in [0.05, 0.1) is 5.69 Å². The monoisotopic (exact) mass is 251 g/mol. The lowest BCUT2D eigenvalue weighted by molar-refractivity contribution is 0.00848. The maximum atomic E-state index is 5.54. The Bertz CT molecular complexity index is 372. The zero-order valence-electron chi connectivity index (χ0n) is 12.3. The minimum atomic E-state index is -0.0866. The fourth-order valence-corrected chi connectivity index (χ4v) is 1.79. The van der Waals surface area contributed by atoms with Gasteiger partial charge in [0.2, 0.25) is 0 Å². The van der Waals surface area contributed by atoms with E-state index in [0.29, 0.717) is 6.04 Å². The molecule has 1 aromatic rings. The Kier molecular flexibility index (Phi) is 5.23. The van der Waals surface area contributed by atoms with Crippen molar-refractivity contribution in [2.24, 2.45) is 5.41 Å². The summed E-state index contributed by atoms with van der Waals surface area (Å²) in [6.45, 7) is 11.4. The molecular formula is C14H25N3O. The molecule has 1 rings (SSSR count).